The zero-order valence-corrected chi connectivity index (χ0v) is 11.1. The Kier molecular flexibility index (Phi) is 2.78. The second-order valence-corrected chi connectivity index (χ2v) is 5.62. The Bertz CT molecular complexity index is 529. The summed E-state index contributed by atoms with van der Waals surface area (Å²) in [7, 11) is 0. The maximum atomic E-state index is 13.5. The molecule has 0 amide bonds. The van der Waals surface area contributed by atoms with E-state index < -0.39 is 0 Å². The molecular weight excluding hydrogens is 249 g/mol. The van der Waals surface area contributed by atoms with Crippen LogP contribution in [0.1, 0.15) is 30.9 Å². The van der Waals surface area contributed by atoms with Gasteiger partial charge < -0.3 is 0 Å². The highest BCUT2D eigenvalue weighted by atomic mass is 35.5. The van der Waals surface area contributed by atoms with Crippen molar-refractivity contribution in [2.45, 2.75) is 32.6 Å². The van der Waals surface area contributed by atoms with E-state index in [-0.39, 0.29) is 16.3 Å². The zero-order valence-electron chi connectivity index (χ0n) is 10.3. The van der Waals surface area contributed by atoms with E-state index in [1.165, 1.54) is 11.1 Å². The first-order valence-electron chi connectivity index (χ1n) is 6.32. The summed E-state index contributed by atoms with van der Waals surface area (Å²) in [5.74, 6) is -0.307. The van der Waals surface area contributed by atoms with E-state index in [1.54, 1.807) is 12.1 Å². The number of hydrogen-bond acceptors (Lipinski definition) is 1. The Morgan fingerprint density at radius 2 is 2.06 bits per heavy atom. The quantitative estimate of drug-likeness (QED) is 0.753. The summed E-state index contributed by atoms with van der Waals surface area (Å²) in [6.45, 7) is 2.20. The van der Waals surface area contributed by atoms with Crippen molar-refractivity contribution in [2.75, 3.05) is 0 Å². The van der Waals surface area contributed by atoms with E-state index in [0.29, 0.717) is 0 Å². The van der Waals surface area contributed by atoms with Crippen LogP contribution in [0.4, 0.5) is 4.39 Å². The minimum absolute atomic E-state index is 0.121. The summed E-state index contributed by atoms with van der Waals surface area (Å²) in [6.07, 6.45) is 7.76. The molecule has 1 atom stereocenters. The smallest absolute Gasteiger partial charge is 0.142 e. The van der Waals surface area contributed by atoms with Gasteiger partial charge >= 0.3 is 0 Å². The van der Waals surface area contributed by atoms with E-state index >= 15 is 0 Å². The minimum Gasteiger partial charge on any atom is -0.269 e. The molecular formula is C15H15ClFN. The molecule has 0 spiro atoms. The van der Waals surface area contributed by atoms with E-state index in [0.717, 1.165) is 31.2 Å². The van der Waals surface area contributed by atoms with Crippen LogP contribution in [0.5, 0.6) is 0 Å². The molecule has 0 saturated carbocycles. The monoisotopic (exact) mass is 263 g/mol. The van der Waals surface area contributed by atoms with Crippen molar-refractivity contribution in [3.05, 3.63) is 45.9 Å². The molecule has 1 unspecified atom stereocenters. The first-order chi connectivity index (χ1) is 8.64. The molecule has 3 rings (SSSR count). The Hall–Kier alpha value is -1.15. The molecule has 94 valence electrons. The number of aliphatic imine (C=N–C) groups is 1. The maximum Gasteiger partial charge on any atom is 0.142 e. The van der Waals surface area contributed by atoms with Gasteiger partial charge in [-0.3, -0.25) is 4.99 Å². The van der Waals surface area contributed by atoms with Crippen LogP contribution in [-0.4, -0.2) is 6.21 Å². The zero-order chi connectivity index (χ0) is 12.8. The van der Waals surface area contributed by atoms with Crippen molar-refractivity contribution in [1.82, 2.24) is 0 Å². The number of hydrogen-bond donors (Lipinski definition) is 0. The fourth-order valence-corrected chi connectivity index (χ4v) is 3.34. The summed E-state index contributed by atoms with van der Waals surface area (Å²) in [6, 6.07) is 3.39. The number of allylic oxidation sites excluding steroid dienone is 1. The van der Waals surface area contributed by atoms with Gasteiger partial charge in [-0.2, -0.15) is 0 Å². The van der Waals surface area contributed by atoms with Gasteiger partial charge in [0.15, 0.2) is 0 Å². The first kappa shape index (κ1) is 11.9. The second kappa shape index (κ2) is 4.20. The van der Waals surface area contributed by atoms with Crippen molar-refractivity contribution in [3.8, 4) is 0 Å². The van der Waals surface area contributed by atoms with Gasteiger partial charge in [0.2, 0.25) is 0 Å². The van der Waals surface area contributed by atoms with Crippen LogP contribution < -0.4 is 0 Å². The number of benzene rings is 1. The highest BCUT2D eigenvalue weighted by Gasteiger charge is 2.39. The maximum absolute atomic E-state index is 13.5. The van der Waals surface area contributed by atoms with Gasteiger partial charge in [-0.25, -0.2) is 4.39 Å². The Morgan fingerprint density at radius 1 is 1.33 bits per heavy atom. The molecule has 0 bridgehead atoms. The van der Waals surface area contributed by atoms with Crippen molar-refractivity contribution in [1.29, 1.82) is 0 Å². The lowest BCUT2D eigenvalue weighted by Gasteiger charge is -2.28. The van der Waals surface area contributed by atoms with Gasteiger partial charge in [0.25, 0.3) is 0 Å². The Balaban J connectivity index is 1.99. The normalized spacial score (nSPS) is 25.4. The van der Waals surface area contributed by atoms with E-state index in [1.807, 2.05) is 12.4 Å². The van der Waals surface area contributed by atoms with Crippen LogP contribution in [-0.2, 0) is 12.8 Å². The number of halogens is 2. The van der Waals surface area contributed by atoms with Gasteiger partial charge in [0, 0.05) is 24.3 Å². The van der Waals surface area contributed by atoms with Crippen LogP contribution in [0.25, 0.3) is 0 Å². The largest absolute Gasteiger partial charge is 0.269 e. The van der Waals surface area contributed by atoms with Gasteiger partial charge in [0.05, 0.1) is 5.02 Å². The minimum atomic E-state index is -0.307. The van der Waals surface area contributed by atoms with E-state index in [2.05, 4.69) is 11.9 Å². The summed E-state index contributed by atoms with van der Waals surface area (Å²) < 4.78 is 13.5. The summed E-state index contributed by atoms with van der Waals surface area (Å²) in [5.41, 5.74) is 3.79. The number of fused-ring (bicyclic) bond motifs is 1. The highest BCUT2D eigenvalue weighted by molar-refractivity contribution is 6.30. The van der Waals surface area contributed by atoms with Gasteiger partial charge in [0.1, 0.15) is 5.82 Å². The van der Waals surface area contributed by atoms with Gasteiger partial charge in [-0.05, 0) is 48.1 Å². The fraction of sp³-hybridized carbons (Fsp3) is 0.400. The molecule has 1 aliphatic heterocycles. The lowest BCUT2D eigenvalue weighted by Crippen LogP contribution is -2.22. The molecule has 1 aliphatic carbocycles. The molecule has 1 aromatic carbocycles. The van der Waals surface area contributed by atoms with Crippen LogP contribution in [0.15, 0.2) is 28.9 Å². The third kappa shape index (κ3) is 1.71. The Labute approximate surface area is 111 Å². The SMILES string of the molecule is CCC1(C2=CN=CC2)Cc2cc(F)c(Cl)cc2C1. The highest BCUT2D eigenvalue weighted by Crippen LogP contribution is 2.47. The molecule has 0 radical (unpaired) electrons. The van der Waals surface area contributed by atoms with Crippen LogP contribution in [0.2, 0.25) is 5.02 Å². The van der Waals surface area contributed by atoms with E-state index in [9.17, 15) is 4.39 Å². The lowest BCUT2D eigenvalue weighted by atomic mass is 9.75. The first-order valence-corrected chi connectivity index (χ1v) is 6.70. The average Bonchev–Trinajstić information content (AvgIpc) is 2.97. The van der Waals surface area contributed by atoms with Crippen LogP contribution in [0, 0.1) is 11.2 Å². The summed E-state index contributed by atoms with van der Waals surface area (Å²) in [4.78, 5) is 4.21. The molecule has 1 aromatic rings. The third-order valence-corrected chi connectivity index (χ3v) is 4.59. The van der Waals surface area contributed by atoms with Crippen molar-refractivity contribution < 1.29 is 4.39 Å². The molecule has 18 heavy (non-hydrogen) atoms. The predicted octanol–water partition coefficient (Wildman–Crippen LogP) is 4.33. The molecule has 0 saturated heterocycles. The van der Waals surface area contributed by atoms with Gasteiger partial charge in [-0.15, -0.1) is 0 Å². The molecule has 0 N–H and O–H groups in total. The van der Waals surface area contributed by atoms with E-state index in [4.69, 9.17) is 11.6 Å². The summed E-state index contributed by atoms with van der Waals surface area (Å²) in [5, 5.41) is 0.234. The molecule has 0 fully saturated rings. The molecule has 1 heterocycles. The van der Waals surface area contributed by atoms with Crippen molar-refractivity contribution in [2.24, 2.45) is 10.4 Å². The van der Waals surface area contributed by atoms with Crippen molar-refractivity contribution in [3.63, 3.8) is 0 Å². The average molecular weight is 264 g/mol. The fourth-order valence-electron chi connectivity index (χ4n) is 3.15. The van der Waals surface area contributed by atoms with Crippen molar-refractivity contribution >= 4 is 17.8 Å². The van der Waals surface area contributed by atoms with Gasteiger partial charge in [-0.1, -0.05) is 18.5 Å². The lowest BCUT2D eigenvalue weighted by molar-refractivity contribution is 0.359. The third-order valence-electron chi connectivity index (χ3n) is 4.31. The molecule has 2 aliphatic rings. The summed E-state index contributed by atoms with van der Waals surface area (Å²) >= 11 is 5.87. The molecule has 1 nitrogen and oxygen atoms in total. The number of rotatable bonds is 2. The Morgan fingerprint density at radius 3 is 2.67 bits per heavy atom. The molecule has 3 heteroatoms. The topological polar surface area (TPSA) is 12.4 Å². The molecule has 0 aromatic heterocycles. The van der Waals surface area contributed by atoms with Crippen LogP contribution in [0.3, 0.4) is 0 Å². The standard InChI is InChI=1S/C15H15ClFN/c1-2-15(12-3-4-18-9-12)7-10-5-13(16)14(17)6-11(10)8-15/h4-6,9H,2-3,7-8H2,1H3. The number of nitrogens with zero attached hydrogens (tertiary/aromatic N) is 1. The van der Waals surface area contributed by atoms with Crippen LogP contribution >= 0.6 is 11.6 Å². The predicted molar refractivity (Wildman–Crippen MR) is 72.7 cm³/mol. The second-order valence-electron chi connectivity index (χ2n) is 5.21.